The number of hydrogen-bond donors (Lipinski definition) is 1. The smallest absolute Gasteiger partial charge is 0.238 e. The largest absolute Gasteiger partial charge is 0.479 e. The van der Waals surface area contributed by atoms with Crippen molar-refractivity contribution in [2.75, 3.05) is 31.3 Å². The molecule has 2 heterocycles. The number of pyridine rings is 1. The van der Waals surface area contributed by atoms with Crippen LogP contribution >= 0.6 is 11.3 Å². The van der Waals surface area contributed by atoms with Gasteiger partial charge in [-0.3, -0.25) is 0 Å². The number of rotatable bonds is 5. The predicted molar refractivity (Wildman–Crippen MR) is 76.5 cm³/mol. The summed E-state index contributed by atoms with van der Waals surface area (Å²) in [7, 11) is 3.60. The number of methoxy groups -OCH3 is 1. The number of ether oxygens (including phenoxy) is 1. The van der Waals surface area contributed by atoms with E-state index >= 15 is 0 Å². The maximum Gasteiger partial charge on any atom is 0.238 e. The predicted octanol–water partition coefficient (Wildman–Crippen LogP) is 2.41. The van der Waals surface area contributed by atoms with Crippen molar-refractivity contribution in [3.63, 3.8) is 0 Å². The summed E-state index contributed by atoms with van der Waals surface area (Å²) in [4.78, 5) is 7.85. The third-order valence-corrected chi connectivity index (χ3v) is 3.67. The molecule has 0 aliphatic heterocycles. The van der Waals surface area contributed by atoms with Gasteiger partial charge in [0.2, 0.25) is 5.88 Å². The van der Waals surface area contributed by atoms with Gasteiger partial charge in [0, 0.05) is 18.5 Å². The van der Waals surface area contributed by atoms with E-state index in [1.54, 1.807) is 18.4 Å². The molecule has 18 heavy (non-hydrogen) atoms. The summed E-state index contributed by atoms with van der Waals surface area (Å²) in [6.45, 7) is 0.917. The molecule has 2 N–H and O–H groups in total. The Morgan fingerprint density at radius 1 is 1.39 bits per heavy atom. The summed E-state index contributed by atoms with van der Waals surface area (Å²) < 4.78 is 5.13. The highest BCUT2D eigenvalue weighted by Crippen LogP contribution is 2.22. The Balaban J connectivity index is 2.02. The van der Waals surface area contributed by atoms with E-state index in [4.69, 9.17) is 10.5 Å². The lowest BCUT2D eigenvalue weighted by Crippen LogP contribution is -2.21. The number of nitrogens with two attached hydrogens (primary N) is 1. The second-order valence-electron chi connectivity index (χ2n) is 4.02. The Morgan fingerprint density at radius 2 is 2.22 bits per heavy atom. The first-order valence-electron chi connectivity index (χ1n) is 5.74. The van der Waals surface area contributed by atoms with E-state index in [1.807, 2.05) is 19.2 Å². The van der Waals surface area contributed by atoms with Gasteiger partial charge in [-0.1, -0.05) is 6.07 Å². The second kappa shape index (κ2) is 5.73. The Hall–Kier alpha value is -1.75. The Bertz CT molecular complexity index is 499. The fourth-order valence-electron chi connectivity index (χ4n) is 1.66. The topological polar surface area (TPSA) is 51.4 Å². The van der Waals surface area contributed by atoms with Crippen LogP contribution in [0.5, 0.6) is 5.88 Å². The van der Waals surface area contributed by atoms with E-state index < -0.39 is 0 Å². The zero-order valence-corrected chi connectivity index (χ0v) is 11.4. The van der Waals surface area contributed by atoms with Gasteiger partial charge < -0.3 is 15.4 Å². The molecule has 0 spiro atoms. The van der Waals surface area contributed by atoms with Crippen LogP contribution in [0.15, 0.2) is 29.6 Å². The number of thiophene rings is 1. The molecule has 0 saturated carbocycles. The van der Waals surface area contributed by atoms with Crippen molar-refractivity contribution in [3.05, 3.63) is 34.5 Å². The summed E-state index contributed by atoms with van der Waals surface area (Å²) >= 11 is 1.78. The molecule has 5 heteroatoms. The van der Waals surface area contributed by atoms with Crippen LogP contribution in [0.3, 0.4) is 0 Å². The molecule has 96 valence electrons. The van der Waals surface area contributed by atoms with E-state index in [0.29, 0.717) is 11.6 Å². The van der Waals surface area contributed by atoms with Gasteiger partial charge in [0.15, 0.2) is 0 Å². The molecule has 0 aromatic carbocycles. The van der Waals surface area contributed by atoms with Crippen LogP contribution in [0.2, 0.25) is 0 Å². The third-order valence-electron chi connectivity index (χ3n) is 2.73. The lowest BCUT2D eigenvalue weighted by molar-refractivity contribution is 0.400. The van der Waals surface area contributed by atoms with Crippen molar-refractivity contribution in [1.29, 1.82) is 0 Å². The first-order chi connectivity index (χ1) is 8.70. The van der Waals surface area contributed by atoms with Gasteiger partial charge >= 0.3 is 0 Å². The van der Waals surface area contributed by atoms with E-state index in [1.165, 1.54) is 4.88 Å². The molecule has 0 radical (unpaired) electrons. The van der Waals surface area contributed by atoms with Gasteiger partial charge in [-0.25, -0.2) is 0 Å². The number of hydrogen-bond acceptors (Lipinski definition) is 5. The normalized spacial score (nSPS) is 10.3. The quantitative estimate of drug-likeness (QED) is 0.900. The van der Waals surface area contributed by atoms with Crippen LogP contribution in [0.1, 0.15) is 4.88 Å². The van der Waals surface area contributed by atoms with Crippen LogP contribution in [0.25, 0.3) is 0 Å². The molecule has 0 aliphatic carbocycles. The Morgan fingerprint density at radius 3 is 2.89 bits per heavy atom. The first kappa shape index (κ1) is 12.7. The van der Waals surface area contributed by atoms with Crippen molar-refractivity contribution in [2.24, 2.45) is 0 Å². The standard InChI is InChI=1S/C13H17N3OS/c1-16(8-7-10-4-3-9-18-10)12-6-5-11(14)13(15-12)17-2/h3-6,9H,7-8,14H2,1-2H3. The molecular formula is C13H17N3OS. The highest BCUT2D eigenvalue weighted by molar-refractivity contribution is 7.09. The van der Waals surface area contributed by atoms with Crippen molar-refractivity contribution in [3.8, 4) is 5.88 Å². The molecule has 0 atom stereocenters. The molecule has 0 fully saturated rings. The number of anilines is 2. The van der Waals surface area contributed by atoms with Crippen molar-refractivity contribution < 1.29 is 4.74 Å². The minimum absolute atomic E-state index is 0.482. The van der Waals surface area contributed by atoms with E-state index in [-0.39, 0.29) is 0 Å². The zero-order valence-electron chi connectivity index (χ0n) is 10.6. The number of nitrogens with zero attached hydrogens (tertiary/aromatic N) is 2. The molecule has 2 rings (SSSR count). The summed E-state index contributed by atoms with van der Waals surface area (Å²) in [5.41, 5.74) is 6.31. The third kappa shape index (κ3) is 2.92. The molecular weight excluding hydrogens is 246 g/mol. The number of nitrogen functional groups attached to an aromatic ring is 1. The van der Waals surface area contributed by atoms with Crippen LogP contribution in [-0.2, 0) is 6.42 Å². The molecule has 0 saturated heterocycles. The molecule has 0 bridgehead atoms. The van der Waals surface area contributed by atoms with Gasteiger partial charge in [-0.05, 0) is 30.0 Å². The minimum atomic E-state index is 0.482. The van der Waals surface area contributed by atoms with Gasteiger partial charge in [0.1, 0.15) is 5.82 Å². The molecule has 2 aromatic rings. The maximum atomic E-state index is 5.75. The van der Waals surface area contributed by atoms with Crippen LogP contribution in [-0.4, -0.2) is 25.7 Å². The summed E-state index contributed by atoms with van der Waals surface area (Å²) in [5.74, 6) is 1.35. The van der Waals surface area contributed by atoms with Crippen LogP contribution in [0.4, 0.5) is 11.5 Å². The zero-order chi connectivity index (χ0) is 13.0. The number of aromatic nitrogens is 1. The van der Waals surface area contributed by atoms with Gasteiger partial charge in [0.05, 0.1) is 12.8 Å². The van der Waals surface area contributed by atoms with Crippen molar-refractivity contribution in [1.82, 2.24) is 4.98 Å². The average Bonchev–Trinajstić information content (AvgIpc) is 2.89. The highest BCUT2D eigenvalue weighted by Gasteiger charge is 2.07. The average molecular weight is 263 g/mol. The molecule has 0 aliphatic rings. The Kier molecular flexibility index (Phi) is 4.04. The van der Waals surface area contributed by atoms with Crippen molar-refractivity contribution >= 4 is 22.8 Å². The second-order valence-corrected chi connectivity index (χ2v) is 5.05. The fraction of sp³-hybridized carbons (Fsp3) is 0.308. The van der Waals surface area contributed by atoms with Gasteiger partial charge in [-0.2, -0.15) is 4.98 Å². The van der Waals surface area contributed by atoms with Gasteiger partial charge in [0.25, 0.3) is 0 Å². The summed E-state index contributed by atoms with van der Waals surface area (Å²) in [5, 5.41) is 2.10. The SMILES string of the molecule is COc1nc(N(C)CCc2cccs2)ccc1N. The maximum absolute atomic E-state index is 5.75. The van der Waals surface area contributed by atoms with E-state index in [2.05, 4.69) is 27.4 Å². The Labute approximate surface area is 111 Å². The van der Waals surface area contributed by atoms with Crippen LogP contribution in [0, 0.1) is 0 Å². The highest BCUT2D eigenvalue weighted by atomic mass is 32.1. The lowest BCUT2D eigenvalue weighted by Gasteiger charge is -2.18. The van der Waals surface area contributed by atoms with Gasteiger partial charge in [-0.15, -0.1) is 11.3 Å². The van der Waals surface area contributed by atoms with Crippen LogP contribution < -0.4 is 15.4 Å². The lowest BCUT2D eigenvalue weighted by atomic mass is 10.3. The summed E-state index contributed by atoms with van der Waals surface area (Å²) in [6, 6.07) is 7.95. The molecule has 2 aromatic heterocycles. The molecule has 4 nitrogen and oxygen atoms in total. The first-order valence-corrected chi connectivity index (χ1v) is 6.62. The van der Waals surface area contributed by atoms with E-state index in [0.717, 1.165) is 18.8 Å². The fourth-order valence-corrected chi connectivity index (χ4v) is 2.36. The van der Waals surface area contributed by atoms with Crippen molar-refractivity contribution in [2.45, 2.75) is 6.42 Å². The molecule has 0 amide bonds. The minimum Gasteiger partial charge on any atom is -0.479 e. The monoisotopic (exact) mass is 263 g/mol. The number of likely N-dealkylation sites (N-methyl/N-ethyl adjacent to an activating group) is 1. The summed E-state index contributed by atoms with van der Waals surface area (Å²) in [6.07, 6.45) is 1.02. The molecule has 0 unspecified atom stereocenters. The van der Waals surface area contributed by atoms with E-state index in [9.17, 15) is 0 Å².